The monoisotopic (exact) mass is 380 g/mol. The Morgan fingerprint density at radius 1 is 0.654 bits per heavy atom. The molecule has 26 heavy (non-hydrogen) atoms. The minimum absolute atomic E-state index is 0.228. The predicted octanol–water partition coefficient (Wildman–Crippen LogP) is 5.69. The summed E-state index contributed by atoms with van der Waals surface area (Å²) in [6, 6.07) is 18.5. The molecule has 4 nitrogen and oxygen atoms in total. The average molecular weight is 380 g/mol. The standard InChI is InChI=1S/C20H12O4S2/c21-18(22)16-13(11-7-3-1-4-8-11)15-14(12-9-5-2-6-10-12)17(19(23)24)26-20(15)25-16/h1-10H,(H,21,22)(H,23,24). The average Bonchev–Trinajstić information content (AvgIpc) is 3.19. The van der Waals surface area contributed by atoms with E-state index in [2.05, 4.69) is 0 Å². The smallest absolute Gasteiger partial charge is 0.346 e. The summed E-state index contributed by atoms with van der Waals surface area (Å²) in [5.41, 5.74) is 2.70. The molecule has 0 saturated carbocycles. The zero-order chi connectivity index (χ0) is 18.3. The number of hydrogen-bond donors (Lipinski definition) is 2. The number of carboxylic acid groups (broad SMARTS) is 2. The van der Waals surface area contributed by atoms with Gasteiger partial charge in [-0.25, -0.2) is 9.59 Å². The molecule has 0 bridgehead atoms. The zero-order valence-electron chi connectivity index (χ0n) is 13.3. The van der Waals surface area contributed by atoms with Gasteiger partial charge in [-0.3, -0.25) is 0 Å². The molecular weight excluding hydrogens is 368 g/mol. The van der Waals surface area contributed by atoms with Gasteiger partial charge in [-0.05, 0) is 11.1 Å². The number of thiophene rings is 2. The van der Waals surface area contributed by atoms with E-state index in [0.717, 1.165) is 33.8 Å². The lowest BCUT2D eigenvalue weighted by atomic mass is 9.96. The van der Waals surface area contributed by atoms with Crippen molar-refractivity contribution in [3.05, 3.63) is 70.4 Å². The van der Waals surface area contributed by atoms with E-state index >= 15 is 0 Å². The molecule has 0 aliphatic rings. The van der Waals surface area contributed by atoms with Crippen LogP contribution in [0.2, 0.25) is 0 Å². The molecular formula is C20H12O4S2. The summed E-state index contributed by atoms with van der Waals surface area (Å²) < 4.78 is 0.706. The first kappa shape index (κ1) is 16.5. The molecule has 2 aromatic heterocycles. The Hall–Kier alpha value is -2.96. The Bertz CT molecular complexity index is 1040. The van der Waals surface area contributed by atoms with Crippen LogP contribution in [-0.2, 0) is 0 Å². The van der Waals surface area contributed by atoms with Crippen LogP contribution in [-0.4, -0.2) is 22.2 Å². The van der Waals surface area contributed by atoms with Crippen molar-refractivity contribution in [2.75, 3.05) is 0 Å². The fourth-order valence-electron chi connectivity index (χ4n) is 3.03. The molecule has 0 spiro atoms. The van der Waals surface area contributed by atoms with Gasteiger partial charge >= 0.3 is 11.9 Å². The van der Waals surface area contributed by atoms with Crippen LogP contribution in [0.1, 0.15) is 19.3 Å². The van der Waals surface area contributed by atoms with Crippen molar-refractivity contribution >= 4 is 44.0 Å². The maximum Gasteiger partial charge on any atom is 0.346 e. The van der Waals surface area contributed by atoms with Crippen molar-refractivity contribution in [2.24, 2.45) is 0 Å². The van der Waals surface area contributed by atoms with Gasteiger partial charge in [0.15, 0.2) is 0 Å². The number of carboxylic acids is 2. The fraction of sp³-hybridized carbons (Fsp3) is 0. The zero-order valence-corrected chi connectivity index (χ0v) is 14.9. The normalized spacial score (nSPS) is 10.9. The lowest BCUT2D eigenvalue weighted by molar-refractivity contribution is 0.0692. The third-order valence-electron chi connectivity index (χ3n) is 4.06. The molecule has 0 fully saturated rings. The van der Waals surface area contributed by atoms with E-state index < -0.39 is 11.9 Å². The number of carbonyl (C=O) groups is 2. The number of aromatic carboxylic acids is 2. The maximum atomic E-state index is 11.8. The molecule has 4 rings (SSSR count). The summed E-state index contributed by atoms with van der Waals surface area (Å²) in [5.74, 6) is -2.01. The molecule has 0 aliphatic carbocycles. The minimum Gasteiger partial charge on any atom is -0.477 e. The van der Waals surface area contributed by atoms with Crippen molar-refractivity contribution in [3.8, 4) is 22.3 Å². The summed E-state index contributed by atoms with van der Waals surface area (Å²) in [5, 5.41) is 20.1. The molecule has 4 aromatic rings. The Kier molecular flexibility index (Phi) is 4.06. The molecule has 128 valence electrons. The summed E-state index contributed by atoms with van der Waals surface area (Å²) >= 11 is 2.26. The molecule has 6 heteroatoms. The molecule has 0 amide bonds. The Morgan fingerprint density at radius 3 is 1.38 bits per heavy atom. The van der Waals surface area contributed by atoms with Crippen LogP contribution in [0.15, 0.2) is 60.7 Å². The first-order chi connectivity index (χ1) is 12.6. The second-order valence-corrected chi connectivity index (χ2v) is 7.92. The van der Waals surface area contributed by atoms with E-state index in [0.29, 0.717) is 20.5 Å². The third-order valence-corrected chi connectivity index (χ3v) is 6.51. The maximum absolute atomic E-state index is 11.8. The highest BCUT2D eigenvalue weighted by molar-refractivity contribution is 7.40. The van der Waals surface area contributed by atoms with E-state index in [-0.39, 0.29) is 9.75 Å². The topological polar surface area (TPSA) is 74.6 Å². The second-order valence-electron chi connectivity index (χ2n) is 5.62. The SMILES string of the molecule is O=C(O)c1sc2sc(C(=O)O)c(-c3ccccc3)c2c1-c1ccccc1. The second kappa shape index (κ2) is 6.40. The van der Waals surface area contributed by atoms with Gasteiger partial charge in [-0.2, -0.15) is 0 Å². The largest absolute Gasteiger partial charge is 0.477 e. The third kappa shape index (κ3) is 2.60. The first-order valence-electron chi connectivity index (χ1n) is 7.74. The molecule has 0 saturated heterocycles. The molecule has 0 radical (unpaired) electrons. The molecule has 2 aromatic carbocycles. The van der Waals surface area contributed by atoms with Gasteiger partial charge in [0.05, 0.1) is 4.01 Å². The predicted molar refractivity (Wildman–Crippen MR) is 104 cm³/mol. The quantitative estimate of drug-likeness (QED) is 0.477. The van der Waals surface area contributed by atoms with E-state index in [1.165, 1.54) is 0 Å². The van der Waals surface area contributed by atoms with Crippen molar-refractivity contribution in [1.82, 2.24) is 0 Å². The molecule has 2 N–H and O–H groups in total. The first-order valence-corrected chi connectivity index (χ1v) is 9.38. The van der Waals surface area contributed by atoms with Crippen LogP contribution in [0.4, 0.5) is 0 Å². The van der Waals surface area contributed by atoms with Gasteiger partial charge in [0.2, 0.25) is 0 Å². The number of benzene rings is 2. The van der Waals surface area contributed by atoms with Crippen molar-refractivity contribution in [3.63, 3.8) is 0 Å². The van der Waals surface area contributed by atoms with Crippen LogP contribution in [0.5, 0.6) is 0 Å². The van der Waals surface area contributed by atoms with Crippen LogP contribution >= 0.6 is 22.7 Å². The van der Waals surface area contributed by atoms with Gasteiger partial charge in [0.1, 0.15) is 9.75 Å². The summed E-state index contributed by atoms with van der Waals surface area (Å²) in [6.45, 7) is 0. The Balaban J connectivity index is 2.16. The van der Waals surface area contributed by atoms with Crippen molar-refractivity contribution < 1.29 is 19.8 Å². The van der Waals surface area contributed by atoms with Crippen molar-refractivity contribution in [2.45, 2.75) is 0 Å². The lowest BCUT2D eigenvalue weighted by Crippen LogP contribution is -1.97. The Morgan fingerprint density at radius 2 is 1.04 bits per heavy atom. The molecule has 0 atom stereocenters. The molecule has 2 heterocycles. The Labute approximate surface area is 156 Å². The number of fused-ring (bicyclic) bond motifs is 1. The van der Waals surface area contributed by atoms with Gasteiger partial charge in [-0.1, -0.05) is 60.7 Å². The van der Waals surface area contributed by atoms with Crippen LogP contribution in [0.3, 0.4) is 0 Å². The summed E-state index contributed by atoms with van der Waals surface area (Å²) in [6.07, 6.45) is 0. The van der Waals surface area contributed by atoms with Crippen LogP contribution in [0.25, 0.3) is 31.7 Å². The highest BCUT2D eigenvalue weighted by Crippen LogP contribution is 2.49. The number of hydrogen-bond acceptors (Lipinski definition) is 4. The van der Waals surface area contributed by atoms with E-state index in [4.69, 9.17) is 0 Å². The van der Waals surface area contributed by atoms with Gasteiger partial charge in [0.25, 0.3) is 0 Å². The lowest BCUT2D eigenvalue weighted by Gasteiger charge is -2.06. The summed E-state index contributed by atoms with van der Waals surface area (Å²) in [4.78, 5) is 24.1. The van der Waals surface area contributed by atoms with E-state index in [1.807, 2.05) is 60.7 Å². The molecule has 0 unspecified atom stereocenters. The molecule has 0 aliphatic heterocycles. The minimum atomic E-state index is -1.01. The van der Waals surface area contributed by atoms with E-state index in [1.54, 1.807) is 0 Å². The van der Waals surface area contributed by atoms with Gasteiger partial charge in [-0.15, -0.1) is 22.7 Å². The summed E-state index contributed by atoms with van der Waals surface area (Å²) in [7, 11) is 0. The van der Waals surface area contributed by atoms with Crippen LogP contribution in [0, 0.1) is 0 Å². The highest BCUT2D eigenvalue weighted by Gasteiger charge is 2.28. The highest BCUT2D eigenvalue weighted by atomic mass is 32.2. The fourth-order valence-corrected chi connectivity index (χ4v) is 5.50. The van der Waals surface area contributed by atoms with Crippen LogP contribution < -0.4 is 0 Å². The van der Waals surface area contributed by atoms with Crippen molar-refractivity contribution in [1.29, 1.82) is 0 Å². The van der Waals surface area contributed by atoms with Gasteiger partial charge < -0.3 is 10.2 Å². The van der Waals surface area contributed by atoms with Gasteiger partial charge in [0, 0.05) is 16.5 Å². The van der Waals surface area contributed by atoms with E-state index in [9.17, 15) is 19.8 Å². The number of rotatable bonds is 4.